The third kappa shape index (κ3) is 3.82. The lowest BCUT2D eigenvalue weighted by Gasteiger charge is -2.27. The Morgan fingerprint density at radius 2 is 1.71 bits per heavy atom. The van der Waals surface area contributed by atoms with E-state index in [1.807, 2.05) is 0 Å². The maximum Gasteiger partial charge on any atom is 0.501 e. The van der Waals surface area contributed by atoms with E-state index in [4.69, 9.17) is 4.74 Å². The van der Waals surface area contributed by atoms with Gasteiger partial charge in [-0.1, -0.05) is 0 Å². The molecule has 0 saturated carbocycles. The molecule has 0 radical (unpaired) electrons. The van der Waals surface area contributed by atoms with Crippen molar-refractivity contribution in [2.75, 3.05) is 12.0 Å². The topological polar surface area (TPSA) is 96.9 Å². The number of imide groups is 1. The molecule has 0 N–H and O–H groups in total. The van der Waals surface area contributed by atoms with Crippen molar-refractivity contribution in [2.24, 2.45) is 0 Å². The minimum absolute atomic E-state index is 0.0426. The molecule has 0 aliphatic carbocycles. The Hall–Kier alpha value is -3.15. The summed E-state index contributed by atoms with van der Waals surface area (Å²) in [6, 6.07) is 5.96. The summed E-state index contributed by atoms with van der Waals surface area (Å²) in [5.41, 5.74) is -6.11. The number of hydrogen-bond acceptors (Lipinski definition) is 6. The summed E-state index contributed by atoms with van der Waals surface area (Å²) >= 11 is 0. The number of aromatic nitrogens is 1. The van der Waals surface area contributed by atoms with Crippen LogP contribution >= 0.6 is 0 Å². The quantitative estimate of drug-likeness (QED) is 0.640. The summed E-state index contributed by atoms with van der Waals surface area (Å²) < 4.78 is 66.3. The number of rotatable bonds is 5. The summed E-state index contributed by atoms with van der Waals surface area (Å²) in [4.78, 5) is 31.0. The number of ether oxygens (including phenoxy) is 1. The van der Waals surface area contributed by atoms with Crippen molar-refractivity contribution in [1.82, 2.24) is 9.88 Å². The Morgan fingerprint density at radius 3 is 2.26 bits per heavy atom. The molecule has 12 heteroatoms. The first kappa shape index (κ1) is 22.5. The van der Waals surface area contributed by atoms with Crippen molar-refractivity contribution in [3.8, 4) is 5.88 Å². The number of benzene rings is 1. The van der Waals surface area contributed by atoms with E-state index in [-0.39, 0.29) is 12.2 Å². The van der Waals surface area contributed by atoms with Crippen LogP contribution in [-0.4, -0.2) is 48.4 Å². The average molecular weight is 457 g/mol. The van der Waals surface area contributed by atoms with E-state index in [1.54, 1.807) is 12.1 Å². The summed E-state index contributed by atoms with van der Waals surface area (Å²) in [6.07, 6.45) is 1.49. The molecule has 1 aliphatic rings. The molecule has 1 aromatic heterocycles. The fraction of sp³-hybridized carbons (Fsp3) is 0.316. The van der Waals surface area contributed by atoms with E-state index >= 15 is 0 Å². The Morgan fingerprint density at radius 1 is 1.10 bits per heavy atom. The van der Waals surface area contributed by atoms with Gasteiger partial charge in [-0.15, -0.1) is 0 Å². The maximum atomic E-state index is 13.0. The van der Waals surface area contributed by atoms with Gasteiger partial charge in [-0.3, -0.25) is 4.79 Å². The molecule has 0 unspecified atom stereocenters. The molecule has 1 fully saturated rings. The number of pyridine rings is 1. The molecule has 0 atom stereocenters. The molecule has 0 spiro atoms. The van der Waals surface area contributed by atoms with Gasteiger partial charge < -0.3 is 9.64 Å². The molecule has 8 nitrogen and oxygen atoms in total. The van der Waals surface area contributed by atoms with Gasteiger partial charge in [-0.25, -0.2) is 23.1 Å². The highest BCUT2D eigenvalue weighted by molar-refractivity contribution is 7.92. The molecule has 1 aliphatic heterocycles. The van der Waals surface area contributed by atoms with Gasteiger partial charge in [0.15, 0.2) is 0 Å². The van der Waals surface area contributed by atoms with Crippen LogP contribution in [0.3, 0.4) is 0 Å². The second kappa shape index (κ2) is 7.52. The summed E-state index contributed by atoms with van der Waals surface area (Å²) in [6.45, 7) is 3.12. The van der Waals surface area contributed by atoms with E-state index in [1.165, 1.54) is 32.1 Å². The standard InChI is InChI=1S/C19H18F3N3O5S/c1-18(2)16(26)25(13-4-6-14(7-5-13)31(28,29)19(20,21)22)17(27)24(18)11-12-8-9-23-15(10-12)30-3/h4-10H,11H2,1-3H3. The molecule has 2 aromatic rings. The molecular weight excluding hydrogens is 439 g/mol. The first-order valence-corrected chi connectivity index (χ1v) is 10.4. The molecule has 1 saturated heterocycles. The van der Waals surface area contributed by atoms with Gasteiger partial charge in [-0.05, 0) is 49.7 Å². The van der Waals surface area contributed by atoms with Gasteiger partial charge in [0, 0.05) is 18.8 Å². The fourth-order valence-electron chi connectivity index (χ4n) is 3.08. The number of carbonyl (C=O) groups is 2. The molecule has 3 rings (SSSR count). The number of methoxy groups -OCH3 is 1. The van der Waals surface area contributed by atoms with Crippen LogP contribution in [0, 0.1) is 0 Å². The van der Waals surface area contributed by atoms with Crippen LogP contribution in [-0.2, 0) is 21.2 Å². The van der Waals surface area contributed by atoms with Crippen LogP contribution in [0.2, 0.25) is 0 Å². The van der Waals surface area contributed by atoms with Gasteiger partial charge in [0.05, 0.1) is 17.7 Å². The van der Waals surface area contributed by atoms with Crippen LogP contribution < -0.4 is 9.64 Å². The van der Waals surface area contributed by atoms with E-state index in [0.29, 0.717) is 23.6 Å². The predicted octanol–water partition coefficient (Wildman–Crippen LogP) is 3.13. The van der Waals surface area contributed by atoms with Crippen LogP contribution in [0.4, 0.5) is 23.7 Å². The van der Waals surface area contributed by atoms with E-state index in [0.717, 1.165) is 17.0 Å². The average Bonchev–Trinajstić information content (AvgIpc) is 2.87. The predicted molar refractivity (Wildman–Crippen MR) is 103 cm³/mol. The summed E-state index contributed by atoms with van der Waals surface area (Å²) in [7, 11) is -4.11. The van der Waals surface area contributed by atoms with Crippen LogP contribution in [0.25, 0.3) is 0 Å². The zero-order valence-electron chi connectivity index (χ0n) is 16.7. The van der Waals surface area contributed by atoms with Gasteiger partial charge in [0.25, 0.3) is 15.7 Å². The van der Waals surface area contributed by atoms with Crippen molar-refractivity contribution in [2.45, 2.75) is 36.3 Å². The third-order valence-corrected chi connectivity index (χ3v) is 6.38. The highest BCUT2D eigenvalue weighted by Gasteiger charge is 2.52. The van der Waals surface area contributed by atoms with Crippen LogP contribution in [0.5, 0.6) is 5.88 Å². The highest BCUT2D eigenvalue weighted by Crippen LogP contribution is 2.35. The molecule has 31 heavy (non-hydrogen) atoms. The Balaban J connectivity index is 1.92. The Labute approximate surface area is 176 Å². The molecule has 2 heterocycles. The lowest BCUT2D eigenvalue weighted by molar-refractivity contribution is -0.123. The lowest BCUT2D eigenvalue weighted by atomic mass is 10.0. The van der Waals surface area contributed by atoms with Crippen molar-refractivity contribution in [1.29, 1.82) is 0 Å². The highest BCUT2D eigenvalue weighted by atomic mass is 32.2. The summed E-state index contributed by atoms with van der Waals surface area (Å²) in [5.74, 6) is -0.281. The minimum Gasteiger partial charge on any atom is -0.481 e. The first-order valence-electron chi connectivity index (χ1n) is 8.87. The fourth-order valence-corrected chi connectivity index (χ4v) is 3.84. The van der Waals surface area contributed by atoms with Gasteiger partial charge >= 0.3 is 11.5 Å². The second-order valence-electron chi connectivity index (χ2n) is 7.22. The molecule has 1 aromatic carbocycles. The van der Waals surface area contributed by atoms with Crippen molar-refractivity contribution in [3.63, 3.8) is 0 Å². The summed E-state index contributed by atoms with van der Waals surface area (Å²) in [5, 5.41) is 0. The van der Waals surface area contributed by atoms with Gasteiger partial charge in [0.1, 0.15) is 5.54 Å². The van der Waals surface area contributed by atoms with Crippen molar-refractivity contribution >= 4 is 27.5 Å². The van der Waals surface area contributed by atoms with Crippen LogP contribution in [0.1, 0.15) is 19.4 Å². The number of urea groups is 1. The normalized spacial score (nSPS) is 16.7. The van der Waals surface area contributed by atoms with Gasteiger partial charge in [-0.2, -0.15) is 13.2 Å². The lowest BCUT2D eigenvalue weighted by Crippen LogP contribution is -2.43. The smallest absolute Gasteiger partial charge is 0.481 e. The number of amides is 3. The maximum absolute atomic E-state index is 13.0. The number of alkyl halides is 3. The van der Waals surface area contributed by atoms with Crippen molar-refractivity contribution in [3.05, 3.63) is 48.2 Å². The Bertz CT molecular complexity index is 1130. The Kier molecular flexibility index (Phi) is 5.47. The first-order chi connectivity index (χ1) is 14.3. The number of nitrogens with zero attached hydrogens (tertiary/aromatic N) is 3. The molecule has 166 valence electrons. The number of carbonyl (C=O) groups excluding carboxylic acids is 2. The zero-order chi connectivity index (χ0) is 23.2. The van der Waals surface area contributed by atoms with E-state index in [2.05, 4.69) is 4.98 Å². The molecule has 0 bridgehead atoms. The van der Waals surface area contributed by atoms with Gasteiger partial charge in [0.2, 0.25) is 5.88 Å². The van der Waals surface area contributed by atoms with E-state index in [9.17, 15) is 31.2 Å². The number of sulfone groups is 1. The second-order valence-corrected chi connectivity index (χ2v) is 9.16. The largest absolute Gasteiger partial charge is 0.501 e. The number of halogens is 3. The molecular formula is C19H18F3N3O5S. The number of anilines is 1. The monoisotopic (exact) mass is 457 g/mol. The van der Waals surface area contributed by atoms with E-state index < -0.39 is 37.7 Å². The third-order valence-electron chi connectivity index (χ3n) is 4.88. The zero-order valence-corrected chi connectivity index (χ0v) is 17.5. The minimum atomic E-state index is -5.54. The molecule has 3 amide bonds. The van der Waals surface area contributed by atoms with Crippen molar-refractivity contribution < 1.29 is 35.9 Å². The van der Waals surface area contributed by atoms with Crippen LogP contribution in [0.15, 0.2) is 47.5 Å². The SMILES string of the molecule is COc1cc(CN2C(=O)N(c3ccc(S(=O)(=O)C(F)(F)F)cc3)C(=O)C2(C)C)ccn1. The number of hydrogen-bond donors (Lipinski definition) is 0.